The average molecular weight is 519 g/mol. The monoisotopic (exact) mass is 518 g/mol. The van der Waals surface area contributed by atoms with E-state index in [1.54, 1.807) is 24.3 Å². The Morgan fingerprint density at radius 1 is 1.03 bits per heavy atom. The Balaban J connectivity index is 1.76. The number of carbonyl (C=O) groups excluding carboxylic acids is 2. The molecule has 7 heteroatoms. The lowest BCUT2D eigenvalue weighted by molar-refractivity contribution is -0.132. The summed E-state index contributed by atoms with van der Waals surface area (Å²) >= 11 is 4.85. The number of Topliss-reactive ketones (excluding diaryl/α,β-unsaturated/α-hetero) is 1. The number of benzene rings is 3. The van der Waals surface area contributed by atoms with Crippen molar-refractivity contribution in [2.75, 3.05) is 4.90 Å². The van der Waals surface area contributed by atoms with Crippen molar-refractivity contribution in [3.05, 3.63) is 99.0 Å². The molecule has 5 nitrogen and oxygen atoms in total. The zero-order valence-corrected chi connectivity index (χ0v) is 20.3. The van der Waals surface area contributed by atoms with Gasteiger partial charge in [0.2, 0.25) is 0 Å². The fourth-order valence-corrected chi connectivity index (χ4v) is 5.82. The molecule has 3 aromatic carbocycles. The molecular weight excluding hydrogens is 500 g/mol. The second-order valence-electron chi connectivity index (χ2n) is 8.02. The number of aryl methyl sites for hydroxylation is 2. The highest BCUT2D eigenvalue weighted by atomic mass is 79.9. The zero-order valence-electron chi connectivity index (χ0n) is 17.9. The number of hydrogen-bond acceptors (Lipinski definition) is 5. The molecule has 1 amide bonds. The summed E-state index contributed by atoms with van der Waals surface area (Å²) in [7, 11) is 0. The first kappa shape index (κ1) is 21.6. The Hall–Kier alpha value is -3.29. The van der Waals surface area contributed by atoms with E-state index in [4.69, 9.17) is 4.98 Å². The number of fused-ring (bicyclic) bond motifs is 1. The molecule has 1 atom stereocenters. The number of aliphatic hydroxyl groups excluding tert-OH is 1. The van der Waals surface area contributed by atoms with Crippen LogP contribution in [0.25, 0.3) is 16.0 Å². The molecule has 33 heavy (non-hydrogen) atoms. The molecule has 4 aromatic rings. The number of ketones is 1. The van der Waals surface area contributed by atoms with E-state index in [0.717, 1.165) is 25.8 Å². The summed E-state index contributed by atoms with van der Waals surface area (Å²) in [5.74, 6) is -1.63. The lowest BCUT2D eigenvalue weighted by Gasteiger charge is -2.23. The standard InChI is InChI=1S/C26H19BrN2O3S/c1-14-11-15(2)21-19(12-14)33-26(28-21)29-22(17-9-6-10-18(27)13-17)20(24(31)25(29)32)23(30)16-7-4-3-5-8-16/h3-13,22,30H,1-2H3/b23-20+. The summed E-state index contributed by atoms with van der Waals surface area (Å²) in [4.78, 5) is 32.8. The lowest BCUT2D eigenvalue weighted by Crippen LogP contribution is -2.29. The van der Waals surface area contributed by atoms with Crippen molar-refractivity contribution in [1.82, 2.24) is 4.98 Å². The molecule has 1 unspecified atom stereocenters. The van der Waals surface area contributed by atoms with Crippen molar-refractivity contribution in [2.24, 2.45) is 0 Å². The number of halogens is 1. The van der Waals surface area contributed by atoms with Crippen molar-refractivity contribution in [3.63, 3.8) is 0 Å². The third-order valence-electron chi connectivity index (χ3n) is 5.68. The largest absolute Gasteiger partial charge is 0.507 e. The van der Waals surface area contributed by atoms with Crippen LogP contribution in [0.1, 0.15) is 28.3 Å². The number of rotatable bonds is 3. The number of nitrogens with zero attached hydrogens (tertiary/aromatic N) is 2. The number of anilines is 1. The molecule has 5 rings (SSSR count). The van der Waals surface area contributed by atoms with Crippen LogP contribution >= 0.6 is 27.3 Å². The molecule has 164 valence electrons. The topological polar surface area (TPSA) is 70.5 Å². The lowest BCUT2D eigenvalue weighted by atomic mass is 9.95. The molecule has 1 fully saturated rings. The molecule has 1 saturated heterocycles. The second-order valence-corrected chi connectivity index (χ2v) is 9.94. The molecule has 0 aliphatic carbocycles. The summed E-state index contributed by atoms with van der Waals surface area (Å²) in [6, 6.07) is 19.5. The number of carbonyl (C=O) groups is 2. The minimum Gasteiger partial charge on any atom is -0.507 e. The number of amides is 1. The summed E-state index contributed by atoms with van der Waals surface area (Å²) in [6.07, 6.45) is 0. The van der Waals surface area contributed by atoms with E-state index in [0.29, 0.717) is 16.3 Å². The third kappa shape index (κ3) is 3.67. The van der Waals surface area contributed by atoms with E-state index < -0.39 is 17.7 Å². The smallest absolute Gasteiger partial charge is 0.301 e. The summed E-state index contributed by atoms with van der Waals surface area (Å²) in [5.41, 5.74) is 4.15. The van der Waals surface area contributed by atoms with Gasteiger partial charge in [-0.2, -0.15) is 0 Å². The van der Waals surface area contributed by atoms with Gasteiger partial charge in [-0.25, -0.2) is 4.98 Å². The van der Waals surface area contributed by atoms with Crippen LogP contribution in [0.2, 0.25) is 0 Å². The van der Waals surface area contributed by atoms with E-state index in [1.165, 1.54) is 16.2 Å². The van der Waals surface area contributed by atoms with Gasteiger partial charge in [-0.15, -0.1) is 0 Å². The van der Waals surface area contributed by atoms with E-state index in [-0.39, 0.29) is 11.3 Å². The second kappa shape index (κ2) is 8.24. The molecule has 0 radical (unpaired) electrons. The van der Waals surface area contributed by atoms with Crippen LogP contribution in [0.3, 0.4) is 0 Å². The molecule has 0 bridgehead atoms. The highest BCUT2D eigenvalue weighted by Crippen LogP contribution is 2.45. The molecule has 0 saturated carbocycles. The number of aliphatic hydroxyl groups is 1. The predicted octanol–water partition coefficient (Wildman–Crippen LogP) is 6.30. The van der Waals surface area contributed by atoms with Crippen molar-refractivity contribution in [1.29, 1.82) is 0 Å². The quantitative estimate of drug-likeness (QED) is 0.196. The minimum atomic E-state index is -0.801. The van der Waals surface area contributed by atoms with Crippen LogP contribution < -0.4 is 4.90 Å². The summed E-state index contributed by atoms with van der Waals surface area (Å²) in [5, 5.41) is 11.6. The van der Waals surface area contributed by atoms with Crippen LogP contribution in [-0.2, 0) is 9.59 Å². The van der Waals surface area contributed by atoms with E-state index in [9.17, 15) is 14.7 Å². The van der Waals surface area contributed by atoms with Gasteiger partial charge in [0.05, 0.1) is 21.8 Å². The Kier molecular flexibility index (Phi) is 5.38. The van der Waals surface area contributed by atoms with Gasteiger partial charge >= 0.3 is 5.91 Å². The number of thiazole rings is 1. The first-order chi connectivity index (χ1) is 15.8. The van der Waals surface area contributed by atoms with Crippen LogP contribution in [0.15, 0.2) is 76.8 Å². The Labute approximate surface area is 203 Å². The number of hydrogen-bond donors (Lipinski definition) is 1. The van der Waals surface area contributed by atoms with E-state index in [2.05, 4.69) is 15.9 Å². The van der Waals surface area contributed by atoms with Gasteiger partial charge in [0.25, 0.3) is 5.78 Å². The third-order valence-corrected chi connectivity index (χ3v) is 7.18. The highest BCUT2D eigenvalue weighted by Gasteiger charge is 2.48. The summed E-state index contributed by atoms with van der Waals surface area (Å²) < 4.78 is 1.75. The first-order valence-corrected chi connectivity index (χ1v) is 12.0. The van der Waals surface area contributed by atoms with Gasteiger partial charge in [-0.05, 0) is 48.7 Å². The van der Waals surface area contributed by atoms with Gasteiger partial charge in [-0.1, -0.05) is 75.8 Å². The van der Waals surface area contributed by atoms with Crippen molar-refractivity contribution >= 4 is 60.1 Å². The fourth-order valence-electron chi connectivity index (χ4n) is 4.24. The maximum absolute atomic E-state index is 13.3. The molecule has 0 spiro atoms. The zero-order chi connectivity index (χ0) is 23.3. The molecule has 1 aliphatic heterocycles. The first-order valence-electron chi connectivity index (χ1n) is 10.3. The van der Waals surface area contributed by atoms with Crippen molar-refractivity contribution in [2.45, 2.75) is 19.9 Å². The van der Waals surface area contributed by atoms with E-state index in [1.807, 2.05) is 56.3 Å². The fraction of sp³-hybridized carbons (Fsp3) is 0.115. The highest BCUT2D eigenvalue weighted by molar-refractivity contribution is 9.10. The maximum Gasteiger partial charge on any atom is 0.301 e. The number of aromatic nitrogens is 1. The Morgan fingerprint density at radius 2 is 1.79 bits per heavy atom. The molecule has 1 aromatic heterocycles. The summed E-state index contributed by atoms with van der Waals surface area (Å²) in [6.45, 7) is 3.99. The molecular formula is C26H19BrN2O3S. The van der Waals surface area contributed by atoms with Gasteiger partial charge in [0.1, 0.15) is 5.76 Å². The van der Waals surface area contributed by atoms with Crippen LogP contribution in [0.5, 0.6) is 0 Å². The normalized spacial score (nSPS) is 17.8. The van der Waals surface area contributed by atoms with Gasteiger partial charge in [0.15, 0.2) is 5.13 Å². The Morgan fingerprint density at radius 3 is 2.52 bits per heavy atom. The molecule has 2 heterocycles. The Bertz CT molecular complexity index is 1460. The van der Waals surface area contributed by atoms with Gasteiger partial charge in [0, 0.05) is 10.0 Å². The average Bonchev–Trinajstić information content (AvgIpc) is 3.33. The van der Waals surface area contributed by atoms with E-state index >= 15 is 0 Å². The molecule has 1 aliphatic rings. The van der Waals surface area contributed by atoms with Crippen LogP contribution in [-0.4, -0.2) is 21.8 Å². The maximum atomic E-state index is 13.3. The van der Waals surface area contributed by atoms with Crippen LogP contribution in [0, 0.1) is 13.8 Å². The minimum absolute atomic E-state index is 0.0523. The van der Waals surface area contributed by atoms with Crippen LogP contribution in [0.4, 0.5) is 5.13 Å². The van der Waals surface area contributed by atoms with Crippen molar-refractivity contribution < 1.29 is 14.7 Å². The van der Waals surface area contributed by atoms with Gasteiger partial charge < -0.3 is 5.11 Å². The van der Waals surface area contributed by atoms with Gasteiger partial charge in [-0.3, -0.25) is 14.5 Å². The SMILES string of the molecule is Cc1cc(C)c2nc(N3C(=O)C(=O)/C(=C(/O)c4ccccc4)C3c3cccc(Br)c3)sc2c1. The molecule has 1 N–H and O–H groups in total. The predicted molar refractivity (Wildman–Crippen MR) is 134 cm³/mol. The van der Waals surface area contributed by atoms with Crippen molar-refractivity contribution in [3.8, 4) is 0 Å².